The van der Waals surface area contributed by atoms with Crippen LogP contribution in [0.15, 0.2) is 0 Å². The van der Waals surface area contributed by atoms with E-state index >= 15 is 0 Å². The molecular formula is C17H31N3O. The molecule has 4 heteroatoms. The van der Waals surface area contributed by atoms with Gasteiger partial charge in [0, 0.05) is 31.1 Å². The summed E-state index contributed by atoms with van der Waals surface area (Å²) in [5.74, 6) is 0.714. The minimum Gasteiger partial charge on any atom is -0.338 e. The Labute approximate surface area is 129 Å². The molecule has 3 aliphatic rings. The second-order valence-corrected chi connectivity index (χ2v) is 7.27. The maximum atomic E-state index is 12.9. The lowest BCUT2D eigenvalue weighted by Crippen LogP contribution is -2.49. The van der Waals surface area contributed by atoms with Crippen LogP contribution in [0.2, 0.25) is 0 Å². The summed E-state index contributed by atoms with van der Waals surface area (Å²) in [6, 6.07) is 0.983. The van der Waals surface area contributed by atoms with Gasteiger partial charge < -0.3 is 15.1 Å². The number of carbonyl (C=O) groups is 1. The molecule has 0 aromatic rings. The number of piperidine rings is 2. The van der Waals surface area contributed by atoms with E-state index in [1.807, 2.05) is 0 Å². The van der Waals surface area contributed by atoms with E-state index in [-0.39, 0.29) is 5.92 Å². The summed E-state index contributed by atoms with van der Waals surface area (Å²) in [6.07, 6.45) is 8.52. The van der Waals surface area contributed by atoms with Crippen LogP contribution in [0, 0.1) is 5.92 Å². The first-order valence-electron chi connectivity index (χ1n) is 9.00. The summed E-state index contributed by atoms with van der Waals surface area (Å²) in [6.45, 7) is 7.80. The SMILES string of the molecule is C[C@H]1C[C@@H](C(=O)N2CCCC2CN2CCCCC2)CCN1. The van der Waals surface area contributed by atoms with E-state index < -0.39 is 0 Å². The largest absolute Gasteiger partial charge is 0.338 e. The first-order valence-corrected chi connectivity index (χ1v) is 9.00. The summed E-state index contributed by atoms with van der Waals surface area (Å²) >= 11 is 0. The van der Waals surface area contributed by atoms with Crippen LogP contribution in [0.25, 0.3) is 0 Å². The number of likely N-dealkylation sites (tertiary alicyclic amines) is 2. The molecule has 0 bridgehead atoms. The van der Waals surface area contributed by atoms with Crippen LogP contribution < -0.4 is 5.32 Å². The molecule has 120 valence electrons. The van der Waals surface area contributed by atoms with Crippen LogP contribution >= 0.6 is 0 Å². The van der Waals surface area contributed by atoms with E-state index in [0.717, 1.165) is 32.5 Å². The second kappa shape index (κ2) is 7.10. The fourth-order valence-electron chi connectivity index (χ4n) is 4.35. The van der Waals surface area contributed by atoms with Gasteiger partial charge in [0.15, 0.2) is 0 Å². The van der Waals surface area contributed by atoms with Gasteiger partial charge in [-0.1, -0.05) is 6.42 Å². The van der Waals surface area contributed by atoms with Crippen molar-refractivity contribution < 1.29 is 4.79 Å². The van der Waals surface area contributed by atoms with Gasteiger partial charge in [0.05, 0.1) is 0 Å². The Hall–Kier alpha value is -0.610. The van der Waals surface area contributed by atoms with Crippen molar-refractivity contribution in [3.05, 3.63) is 0 Å². The summed E-state index contributed by atoms with van der Waals surface area (Å²) in [5.41, 5.74) is 0. The molecule has 0 aromatic heterocycles. The molecule has 0 radical (unpaired) electrons. The van der Waals surface area contributed by atoms with Gasteiger partial charge in [0.1, 0.15) is 0 Å². The van der Waals surface area contributed by atoms with E-state index in [1.54, 1.807) is 0 Å². The summed E-state index contributed by atoms with van der Waals surface area (Å²) < 4.78 is 0. The second-order valence-electron chi connectivity index (χ2n) is 7.27. The van der Waals surface area contributed by atoms with E-state index in [2.05, 4.69) is 22.0 Å². The normalized spacial score (nSPS) is 35.1. The van der Waals surface area contributed by atoms with Gasteiger partial charge in [-0.2, -0.15) is 0 Å². The van der Waals surface area contributed by atoms with Crippen LogP contribution in [0.3, 0.4) is 0 Å². The Bertz CT molecular complexity index is 354. The Morgan fingerprint density at radius 3 is 2.67 bits per heavy atom. The van der Waals surface area contributed by atoms with Crippen LogP contribution in [0.5, 0.6) is 0 Å². The molecule has 3 rings (SSSR count). The summed E-state index contributed by atoms with van der Waals surface area (Å²) in [7, 11) is 0. The molecular weight excluding hydrogens is 262 g/mol. The minimum atomic E-state index is 0.267. The quantitative estimate of drug-likeness (QED) is 0.862. The topological polar surface area (TPSA) is 35.6 Å². The average Bonchev–Trinajstić information content (AvgIpc) is 2.95. The first-order chi connectivity index (χ1) is 10.2. The molecule has 21 heavy (non-hydrogen) atoms. The predicted octanol–water partition coefficient (Wildman–Crippen LogP) is 1.85. The van der Waals surface area contributed by atoms with Crippen molar-refractivity contribution in [2.75, 3.05) is 32.7 Å². The highest BCUT2D eigenvalue weighted by Crippen LogP contribution is 2.26. The lowest BCUT2D eigenvalue weighted by Gasteiger charge is -2.36. The fourth-order valence-corrected chi connectivity index (χ4v) is 4.35. The Balaban J connectivity index is 1.56. The number of hydrogen-bond donors (Lipinski definition) is 1. The molecule has 3 saturated heterocycles. The maximum absolute atomic E-state index is 12.9. The highest BCUT2D eigenvalue weighted by Gasteiger charge is 2.35. The van der Waals surface area contributed by atoms with Crippen LogP contribution in [-0.2, 0) is 4.79 Å². The van der Waals surface area contributed by atoms with Gasteiger partial charge >= 0.3 is 0 Å². The van der Waals surface area contributed by atoms with Gasteiger partial charge in [-0.25, -0.2) is 0 Å². The van der Waals surface area contributed by atoms with Crippen molar-refractivity contribution in [2.24, 2.45) is 5.92 Å². The van der Waals surface area contributed by atoms with Gasteiger partial charge in [-0.15, -0.1) is 0 Å². The molecule has 3 fully saturated rings. The van der Waals surface area contributed by atoms with Gasteiger partial charge in [0.2, 0.25) is 5.91 Å². The van der Waals surface area contributed by atoms with Crippen LogP contribution in [0.4, 0.5) is 0 Å². The zero-order valence-electron chi connectivity index (χ0n) is 13.5. The molecule has 0 saturated carbocycles. The zero-order chi connectivity index (χ0) is 14.7. The third-order valence-corrected chi connectivity index (χ3v) is 5.55. The van der Waals surface area contributed by atoms with Crippen LogP contribution in [0.1, 0.15) is 51.9 Å². The molecule has 3 heterocycles. The number of nitrogens with one attached hydrogen (secondary N) is 1. The van der Waals surface area contributed by atoms with E-state index in [1.165, 1.54) is 45.2 Å². The standard InChI is InChI=1S/C17H31N3O/c1-14-12-15(7-8-18-14)17(21)20-11-5-6-16(20)13-19-9-3-2-4-10-19/h14-16,18H,2-13H2,1H3/t14-,15-,16?/m0/s1. The van der Waals surface area contributed by atoms with E-state index in [9.17, 15) is 4.79 Å². The molecule has 1 N–H and O–H groups in total. The molecule has 0 spiro atoms. The van der Waals surface area contributed by atoms with Crippen molar-refractivity contribution >= 4 is 5.91 Å². The Kier molecular flexibility index (Phi) is 5.17. The number of carbonyl (C=O) groups excluding carboxylic acids is 1. The molecule has 1 unspecified atom stereocenters. The van der Waals surface area contributed by atoms with E-state index in [0.29, 0.717) is 18.0 Å². The average molecular weight is 293 g/mol. The molecule has 3 aliphatic heterocycles. The lowest BCUT2D eigenvalue weighted by molar-refractivity contribution is -0.137. The van der Waals surface area contributed by atoms with Gasteiger partial charge in [0.25, 0.3) is 0 Å². The Morgan fingerprint density at radius 2 is 1.90 bits per heavy atom. The van der Waals surface area contributed by atoms with E-state index in [4.69, 9.17) is 0 Å². The van der Waals surface area contributed by atoms with Crippen molar-refractivity contribution in [2.45, 2.75) is 64.0 Å². The molecule has 4 nitrogen and oxygen atoms in total. The number of rotatable bonds is 3. The number of hydrogen-bond acceptors (Lipinski definition) is 3. The monoisotopic (exact) mass is 293 g/mol. The van der Waals surface area contributed by atoms with Crippen molar-refractivity contribution in [3.63, 3.8) is 0 Å². The van der Waals surface area contributed by atoms with Crippen molar-refractivity contribution in [1.29, 1.82) is 0 Å². The Morgan fingerprint density at radius 1 is 1.10 bits per heavy atom. The van der Waals surface area contributed by atoms with Crippen molar-refractivity contribution in [3.8, 4) is 0 Å². The number of nitrogens with zero attached hydrogens (tertiary/aromatic N) is 2. The molecule has 0 aromatic carbocycles. The highest BCUT2D eigenvalue weighted by molar-refractivity contribution is 5.79. The zero-order valence-corrected chi connectivity index (χ0v) is 13.5. The number of amides is 1. The summed E-state index contributed by atoms with van der Waals surface area (Å²) in [5, 5.41) is 3.46. The van der Waals surface area contributed by atoms with Gasteiger partial charge in [-0.05, 0) is 65.1 Å². The van der Waals surface area contributed by atoms with Crippen LogP contribution in [-0.4, -0.2) is 60.5 Å². The first kappa shape index (κ1) is 15.3. The highest BCUT2D eigenvalue weighted by atomic mass is 16.2. The maximum Gasteiger partial charge on any atom is 0.226 e. The fraction of sp³-hybridized carbons (Fsp3) is 0.941. The lowest BCUT2D eigenvalue weighted by atomic mass is 9.91. The van der Waals surface area contributed by atoms with Gasteiger partial charge in [-0.3, -0.25) is 4.79 Å². The summed E-state index contributed by atoms with van der Waals surface area (Å²) in [4.78, 5) is 17.7. The third kappa shape index (κ3) is 3.78. The smallest absolute Gasteiger partial charge is 0.226 e. The molecule has 0 aliphatic carbocycles. The van der Waals surface area contributed by atoms with Crippen molar-refractivity contribution in [1.82, 2.24) is 15.1 Å². The molecule has 1 amide bonds. The minimum absolute atomic E-state index is 0.267. The molecule has 3 atom stereocenters. The third-order valence-electron chi connectivity index (χ3n) is 5.55. The predicted molar refractivity (Wildman–Crippen MR) is 85.2 cm³/mol.